The van der Waals surface area contributed by atoms with Crippen molar-refractivity contribution in [1.82, 2.24) is 5.43 Å². The topological polar surface area (TPSA) is 77.5 Å². The number of ether oxygens (including phenoxy) is 1. The molecule has 0 atom stereocenters. The van der Waals surface area contributed by atoms with Crippen molar-refractivity contribution in [3.63, 3.8) is 0 Å². The lowest BCUT2D eigenvalue weighted by Gasteiger charge is -2.09. The Kier molecular flexibility index (Phi) is 4.93. The standard InChI is InChI=1S/C12H9BrCl2N2O3/c13-7-3-9(15)10(4-8(7)14)20-5-6-1-2-19-11(6)12(18)17-16/h1-4H,5,16H2,(H,17,18). The van der Waals surface area contributed by atoms with E-state index in [0.717, 1.165) is 0 Å². The van der Waals surface area contributed by atoms with Crippen LogP contribution < -0.4 is 16.0 Å². The minimum absolute atomic E-state index is 0.0897. The first-order chi connectivity index (χ1) is 9.52. The molecule has 2 rings (SSSR count). The largest absolute Gasteiger partial charge is 0.487 e. The van der Waals surface area contributed by atoms with Crippen LogP contribution in [0.15, 0.2) is 33.4 Å². The molecular formula is C12H9BrCl2N2O3. The van der Waals surface area contributed by atoms with Crippen molar-refractivity contribution in [2.75, 3.05) is 0 Å². The highest BCUT2D eigenvalue weighted by Crippen LogP contribution is 2.34. The normalized spacial score (nSPS) is 10.4. The maximum absolute atomic E-state index is 11.4. The van der Waals surface area contributed by atoms with Crippen LogP contribution in [0.4, 0.5) is 0 Å². The Labute approximate surface area is 133 Å². The summed E-state index contributed by atoms with van der Waals surface area (Å²) in [6.45, 7) is 0.0942. The highest BCUT2D eigenvalue weighted by Gasteiger charge is 2.15. The zero-order chi connectivity index (χ0) is 14.7. The minimum atomic E-state index is -0.534. The van der Waals surface area contributed by atoms with E-state index in [-0.39, 0.29) is 12.4 Å². The number of furan rings is 1. The second-order valence-corrected chi connectivity index (χ2v) is 5.40. The molecule has 8 heteroatoms. The van der Waals surface area contributed by atoms with Crippen LogP contribution in [0.3, 0.4) is 0 Å². The van der Waals surface area contributed by atoms with Gasteiger partial charge in [0.05, 0.1) is 16.3 Å². The van der Waals surface area contributed by atoms with Crippen LogP contribution in [0, 0.1) is 0 Å². The van der Waals surface area contributed by atoms with Crippen LogP contribution >= 0.6 is 39.1 Å². The van der Waals surface area contributed by atoms with Gasteiger partial charge in [-0.2, -0.15) is 0 Å². The van der Waals surface area contributed by atoms with Crippen molar-refractivity contribution in [2.45, 2.75) is 6.61 Å². The van der Waals surface area contributed by atoms with Gasteiger partial charge >= 0.3 is 5.91 Å². The zero-order valence-electron chi connectivity index (χ0n) is 9.95. The summed E-state index contributed by atoms with van der Waals surface area (Å²) in [6, 6.07) is 4.82. The van der Waals surface area contributed by atoms with Gasteiger partial charge in [0, 0.05) is 16.1 Å². The molecule has 0 saturated heterocycles. The first kappa shape index (κ1) is 15.2. The average molecular weight is 380 g/mol. The molecule has 0 spiro atoms. The maximum atomic E-state index is 11.4. The summed E-state index contributed by atoms with van der Waals surface area (Å²) < 4.78 is 11.2. The van der Waals surface area contributed by atoms with Crippen LogP contribution in [0.2, 0.25) is 10.0 Å². The van der Waals surface area contributed by atoms with Gasteiger partial charge in [0.15, 0.2) is 5.76 Å². The van der Waals surface area contributed by atoms with Crippen LogP contribution in [0.1, 0.15) is 16.1 Å². The van der Waals surface area contributed by atoms with Crippen LogP contribution in [0.5, 0.6) is 5.75 Å². The number of halogens is 3. The van der Waals surface area contributed by atoms with Crippen molar-refractivity contribution in [1.29, 1.82) is 0 Å². The van der Waals surface area contributed by atoms with E-state index in [2.05, 4.69) is 15.9 Å². The number of benzene rings is 1. The van der Waals surface area contributed by atoms with Gasteiger partial charge in [0.25, 0.3) is 0 Å². The number of nitrogens with two attached hydrogens (primary N) is 1. The lowest BCUT2D eigenvalue weighted by Crippen LogP contribution is -2.30. The predicted molar refractivity (Wildman–Crippen MR) is 78.9 cm³/mol. The van der Waals surface area contributed by atoms with Crippen molar-refractivity contribution in [3.05, 3.63) is 50.3 Å². The van der Waals surface area contributed by atoms with Crippen molar-refractivity contribution in [3.8, 4) is 5.75 Å². The second-order valence-electron chi connectivity index (χ2n) is 3.73. The van der Waals surface area contributed by atoms with E-state index in [9.17, 15) is 4.79 Å². The lowest BCUT2D eigenvalue weighted by molar-refractivity contribution is 0.0922. The van der Waals surface area contributed by atoms with Crippen molar-refractivity contribution in [2.24, 2.45) is 5.84 Å². The van der Waals surface area contributed by atoms with Crippen molar-refractivity contribution >= 4 is 45.0 Å². The Hall–Kier alpha value is -1.21. The molecule has 3 N–H and O–H groups in total. The Morgan fingerprint density at radius 3 is 2.85 bits per heavy atom. The number of hydrazine groups is 1. The Balaban J connectivity index is 2.15. The van der Waals surface area contributed by atoms with Gasteiger partial charge in [-0.1, -0.05) is 23.2 Å². The SMILES string of the molecule is NNC(=O)c1occc1COc1cc(Cl)c(Br)cc1Cl. The van der Waals surface area contributed by atoms with Crippen LogP contribution in [-0.4, -0.2) is 5.91 Å². The molecule has 0 radical (unpaired) electrons. The van der Waals surface area contributed by atoms with Crippen LogP contribution in [0.25, 0.3) is 0 Å². The summed E-state index contributed by atoms with van der Waals surface area (Å²) in [5.74, 6) is 5.01. The summed E-state index contributed by atoms with van der Waals surface area (Å²) >= 11 is 15.3. The third-order valence-corrected chi connectivity index (χ3v) is 3.93. The number of amides is 1. The Morgan fingerprint density at radius 2 is 2.15 bits per heavy atom. The molecule has 1 amide bonds. The van der Waals surface area contributed by atoms with E-state index in [1.54, 1.807) is 18.2 Å². The average Bonchev–Trinajstić information content (AvgIpc) is 2.89. The zero-order valence-corrected chi connectivity index (χ0v) is 13.1. The monoisotopic (exact) mass is 378 g/mol. The van der Waals surface area contributed by atoms with Gasteiger partial charge in [-0.05, 0) is 28.1 Å². The molecule has 1 aromatic carbocycles. The molecule has 1 heterocycles. The third-order valence-electron chi connectivity index (χ3n) is 2.44. The fourth-order valence-electron chi connectivity index (χ4n) is 1.48. The second kappa shape index (κ2) is 6.49. The van der Waals surface area contributed by atoms with E-state index in [4.69, 9.17) is 38.2 Å². The number of hydrogen-bond acceptors (Lipinski definition) is 4. The summed E-state index contributed by atoms with van der Waals surface area (Å²) in [5, 5.41) is 0.867. The molecule has 20 heavy (non-hydrogen) atoms. The van der Waals surface area contributed by atoms with Crippen LogP contribution in [-0.2, 0) is 6.61 Å². The summed E-state index contributed by atoms with van der Waals surface area (Å²) in [6.07, 6.45) is 1.37. The molecule has 0 fully saturated rings. The highest BCUT2D eigenvalue weighted by atomic mass is 79.9. The molecule has 5 nitrogen and oxygen atoms in total. The fourth-order valence-corrected chi connectivity index (χ4v) is 2.33. The number of hydrogen-bond donors (Lipinski definition) is 2. The predicted octanol–water partition coefficient (Wildman–Crippen LogP) is 3.53. The Morgan fingerprint density at radius 1 is 1.40 bits per heavy atom. The minimum Gasteiger partial charge on any atom is -0.487 e. The number of carbonyl (C=O) groups excluding carboxylic acids is 1. The number of rotatable bonds is 4. The van der Waals surface area contributed by atoms with Gasteiger partial charge in [-0.3, -0.25) is 10.2 Å². The molecule has 0 unspecified atom stereocenters. The van der Waals surface area contributed by atoms with Gasteiger partial charge < -0.3 is 9.15 Å². The van der Waals surface area contributed by atoms with Crippen molar-refractivity contribution < 1.29 is 13.9 Å². The molecule has 1 aromatic heterocycles. The van der Waals surface area contributed by atoms with E-state index in [0.29, 0.717) is 25.8 Å². The quantitative estimate of drug-likeness (QED) is 0.368. The smallest absolute Gasteiger partial charge is 0.301 e. The molecule has 0 aliphatic carbocycles. The molecule has 0 aliphatic rings. The molecular weight excluding hydrogens is 371 g/mol. The first-order valence-electron chi connectivity index (χ1n) is 5.37. The number of nitrogens with one attached hydrogen (secondary N) is 1. The highest BCUT2D eigenvalue weighted by molar-refractivity contribution is 9.10. The van der Waals surface area contributed by atoms with E-state index in [1.807, 2.05) is 5.43 Å². The Bertz CT molecular complexity index is 646. The molecule has 2 aromatic rings. The summed E-state index contributed by atoms with van der Waals surface area (Å²) in [7, 11) is 0. The molecule has 0 saturated carbocycles. The summed E-state index contributed by atoms with van der Waals surface area (Å²) in [4.78, 5) is 11.4. The molecule has 0 bridgehead atoms. The number of carbonyl (C=O) groups is 1. The fraction of sp³-hybridized carbons (Fsp3) is 0.0833. The van der Waals surface area contributed by atoms with Gasteiger partial charge in [-0.25, -0.2) is 5.84 Å². The third kappa shape index (κ3) is 3.27. The lowest BCUT2D eigenvalue weighted by atomic mass is 10.2. The summed E-state index contributed by atoms with van der Waals surface area (Å²) in [5.41, 5.74) is 2.54. The molecule has 0 aliphatic heterocycles. The van der Waals surface area contributed by atoms with E-state index < -0.39 is 5.91 Å². The first-order valence-corrected chi connectivity index (χ1v) is 6.92. The van der Waals surface area contributed by atoms with E-state index >= 15 is 0 Å². The van der Waals surface area contributed by atoms with E-state index in [1.165, 1.54) is 6.26 Å². The van der Waals surface area contributed by atoms with Gasteiger partial charge in [0.2, 0.25) is 0 Å². The van der Waals surface area contributed by atoms with Gasteiger partial charge in [-0.15, -0.1) is 0 Å². The maximum Gasteiger partial charge on any atom is 0.301 e. The van der Waals surface area contributed by atoms with Gasteiger partial charge in [0.1, 0.15) is 12.4 Å². The number of nitrogen functional groups attached to an aromatic ring is 1. The molecule has 106 valence electrons.